The largest absolute Gasteiger partial charge is 0.472 e. The molecule has 1 rings (SSSR count). The first kappa shape index (κ1) is 13.0. The third kappa shape index (κ3) is 3.18. The third-order valence-corrected chi connectivity index (χ3v) is 2.49. The Morgan fingerprint density at radius 3 is 2.33 bits per heavy atom. The van der Waals surface area contributed by atoms with Crippen molar-refractivity contribution in [2.45, 2.75) is 37.7 Å². The number of phosphoric ester groups is 1. The molecule has 1 heterocycles. The van der Waals surface area contributed by atoms with Gasteiger partial charge in [-0.05, 0) is 6.92 Å². The number of hydrogen-bond donors (Lipinski definition) is 4. The van der Waals surface area contributed by atoms with Crippen LogP contribution in [0, 0.1) is 0 Å². The lowest BCUT2D eigenvalue weighted by Crippen LogP contribution is -2.55. The minimum Gasteiger partial charge on any atom is -0.388 e. The molecule has 0 aromatic carbocycles. The maximum absolute atomic E-state index is 13.2. The van der Waals surface area contributed by atoms with Gasteiger partial charge in [-0.3, -0.25) is 4.52 Å². The van der Waals surface area contributed by atoms with Crippen LogP contribution in [0.3, 0.4) is 0 Å². The first-order valence-electron chi connectivity index (χ1n) is 4.12. The van der Waals surface area contributed by atoms with E-state index in [2.05, 4.69) is 9.26 Å². The van der Waals surface area contributed by atoms with Crippen molar-refractivity contribution in [2.24, 2.45) is 0 Å². The zero-order valence-electron chi connectivity index (χ0n) is 7.73. The molecule has 1 aliphatic rings. The predicted molar refractivity (Wildman–Crippen MR) is 44.4 cm³/mol. The summed E-state index contributed by atoms with van der Waals surface area (Å²) in [5, 5.41) is 18.3. The fourth-order valence-corrected chi connectivity index (χ4v) is 1.65. The maximum Gasteiger partial charge on any atom is 0.472 e. The Kier molecular flexibility index (Phi) is 3.83. The quantitative estimate of drug-likeness (QED) is 0.457. The molecule has 4 N–H and O–H groups in total. The lowest BCUT2D eigenvalue weighted by Gasteiger charge is -2.37. The van der Waals surface area contributed by atoms with Crippen LogP contribution in [0.25, 0.3) is 0 Å². The molecular formula is C6H12FO7P. The van der Waals surface area contributed by atoms with Crippen molar-refractivity contribution in [1.82, 2.24) is 0 Å². The Balaban J connectivity index is 2.71. The monoisotopic (exact) mass is 246 g/mol. The van der Waals surface area contributed by atoms with Crippen LogP contribution in [-0.2, 0) is 13.8 Å². The van der Waals surface area contributed by atoms with Gasteiger partial charge in [-0.1, -0.05) is 0 Å². The number of hydrogen-bond acceptors (Lipinski definition) is 5. The zero-order valence-corrected chi connectivity index (χ0v) is 8.62. The van der Waals surface area contributed by atoms with Gasteiger partial charge < -0.3 is 24.7 Å². The fourth-order valence-electron chi connectivity index (χ4n) is 1.21. The molecule has 0 aliphatic carbocycles. The summed E-state index contributed by atoms with van der Waals surface area (Å²) in [4.78, 5) is 16.8. The molecule has 15 heavy (non-hydrogen) atoms. The van der Waals surface area contributed by atoms with Gasteiger partial charge in [0.05, 0.1) is 6.10 Å². The summed E-state index contributed by atoms with van der Waals surface area (Å²) in [6.07, 6.45) is -8.35. The van der Waals surface area contributed by atoms with Crippen LogP contribution in [-0.4, -0.2) is 50.8 Å². The summed E-state index contributed by atoms with van der Waals surface area (Å²) in [6, 6.07) is 0. The molecule has 0 spiro atoms. The van der Waals surface area contributed by atoms with Crippen LogP contribution in [0.1, 0.15) is 6.92 Å². The fraction of sp³-hybridized carbons (Fsp3) is 1.00. The van der Waals surface area contributed by atoms with E-state index >= 15 is 0 Å². The van der Waals surface area contributed by atoms with E-state index in [4.69, 9.17) is 20.0 Å². The zero-order chi connectivity index (χ0) is 11.8. The number of aliphatic hydroxyl groups is 2. The lowest BCUT2D eigenvalue weighted by molar-refractivity contribution is -0.254. The highest BCUT2D eigenvalue weighted by atomic mass is 31.2. The van der Waals surface area contributed by atoms with Crippen LogP contribution in [0.15, 0.2) is 0 Å². The average Bonchev–Trinajstić information content (AvgIpc) is 2.08. The first-order chi connectivity index (χ1) is 6.72. The maximum atomic E-state index is 13.2. The molecule has 0 aromatic rings. The summed E-state index contributed by atoms with van der Waals surface area (Å²) < 4.78 is 32.2. The molecule has 0 radical (unpaired) electrons. The lowest BCUT2D eigenvalue weighted by atomic mass is 10.0. The smallest absolute Gasteiger partial charge is 0.388 e. The minimum absolute atomic E-state index is 0.983. The van der Waals surface area contributed by atoms with Gasteiger partial charge in [0.15, 0.2) is 6.17 Å². The Bertz CT molecular complexity index is 268. The van der Waals surface area contributed by atoms with E-state index in [1.807, 2.05) is 0 Å². The third-order valence-electron chi connectivity index (χ3n) is 2.01. The van der Waals surface area contributed by atoms with Crippen LogP contribution in [0.5, 0.6) is 0 Å². The summed E-state index contributed by atoms with van der Waals surface area (Å²) in [5.74, 6) is 0. The molecule has 1 saturated heterocycles. The molecule has 0 bridgehead atoms. The predicted octanol–water partition coefficient (Wildman–Crippen LogP) is -1.10. The Hall–Kier alpha value is -0.0800. The first-order valence-corrected chi connectivity index (χ1v) is 5.65. The average molecular weight is 246 g/mol. The second-order valence-electron chi connectivity index (χ2n) is 3.23. The van der Waals surface area contributed by atoms with Gasteiger partial charge in [0.25, 0.3) is 0 Å². The SMILES string of the molecule is C[C@@H]1OC(OP(=O)(O)O)[C@@H](F)[C@H](O)[C@@H]1O. The van der Waals surface area contributed by atoms with E-state index in [-0.39, 0.29) is 0 Å². The molecule has 7 nitrogen and oxygen atoms in total. The Morgan fingerprint density at radius 2 is 1.87 bits per heavy atom. The summed E-state index contributed by atoms with van der Waals surface area (Å²) >= 11 is 0. The number of ether oxygens (including phenoxy) is 1. The van der Waals surface area contributed by atoms with Crippen molar-refractivity contribution >= 4 is 7.82 Å². The highest BCUT2D eigenvalue weighted by Crippen LogP contribution is 2.41. The van der Waals surface area contributed by atoms with E-state index in [0.29, 0.717) is 0 Å². The number of alkyl halides is 1. The number of rotatable bonds is 2. The van der Waals surface area contributed by atoms with Crippen molar-refractivity contribution in [3.63, 3.8) is 0 Å². The molecule has 1 unspecified atom stereocenters. The molecule has 90 valence electrons. The highest BCUT2D eigenvalue weighted by molar-refractivity contribution is 7.46. The Labute approximate surface area is 84.7 Å². The number of aliphatic hydroxyl groups excluding tert-OH is 2. The van der Waals surface area contributed by atoms with Crippen LogP contribution in [0.2, 0.25) is 0 Å². The Morgan fingerprint density at radius 1 is 1.33 bits per heavy atom. The molecule has 5 atom stereocenters. The standard InChI is InChI=1S/C6H12FO7P/c1-2-4(8)5(9)3(7)6(13-2)14-15(10,11)12/h2-6,8-9H,1H3,(H2,10,11,12)/t2-,3-,4+,5-,6?/m0/s1. The van der Waals surface area contributed by atoms with Gasteiger partial charge in [-0.15, -0.1) is 0 Å². The van der Waals surface area contributed by atoms with Crippen molar-refractivity contribution in [3.05, 3.63) is 0 Å². The van der Waals surface area contributed by atoms with Crippen molar-refractivity contribution in [1.29, 1.82) is 0 Å². The van der Waals surface area contributed by atoms with Crippen LogP contribution < -0.4 is 0 Å². The highest BCUT2D eigenvalue weighted by Gasteiger charge is 2.46. The topological polar surface area (TPSA) is 116 Å². The molecule has 0 amide bonds. The van der Waals surface area contributed by atoms with Gasteiger partial charge >= 0.3 is 7.82 Å². The van der Waals surface area contributed by atoms with E-state index in [0.717, 1.165) is 0 Å². The minimum atomic E-state index is -4.90. The van der Waals surface area contributed by atoms with Crippen molar-refractivity contribution in [2.75, 3.05) is 0 Å². The van der Waals surface area contributed by atoms with Crippen molar-refractivity contribution in [3.8, 4) is 0 Å². The number of halogens is 1. The van der Waals surface area contributed by atoms with Gasteiger partial charge in [0.1, 0.15) is 12.2 Å². The summed E-state index contributed by atoms with van der Waals surface area (Å²) in [6.45, 7) is 1.32. The normalized spacial score (nSPS) is 42.9. The second-order valence-corrected chi connectivity index (χ2v) is 4.42. The van der Waals surface area contributed by atoms with Crippen LogP contribution >= 0.6 is 7.82 Å². The molecule has 0 aromatic heterocycles. The molecule has 1 fully saturated rings. The van der Waals surface area contributed by atoms with Gasteiger partial charge in [0.2, 0.25) is 6.29 Å². The van der Waals surface area contributed by atoms with E-state index in [1.54, 1.807) is 0 Å². The molecular weight excluding hydrogens is 234 g/mol. The number of phosphoric acid groups is 1. The summed E-state index contributed by atoms with van der Waals surface area (Å²) in [7, 11) is -4.90. The summed E-state index contributed by atoms with van der Waals surface area (Å²) in [5.41, 5.74) is 0. The van der Waals surface area contributed by atoms with E-state index in [1.165, 1.54) is 6.92 Å². The van der Waals surface area contributed by atoms with Crippen molar-refractivity contribution < 1.29 is 38.2 Å². The van der Waals surface area contributed by atoms with E-state index < -0.39 is 38.6 Å². The molecule has 9 heteroatoms. The second kappa shape index (κ2) is 4.42. The van der Waals surface area contributed by atoms with Gasteiger partial charge in [-0.2, -0.15) is 0 Å². The van der Waals surface area contributed by atoms with E-state index in [9.17, 15) is 8.96 Å². The van der Waals surface area contributed by atoms with Crippen LogP contribution in [0.4, 0.5) is 4.39 Å². The molecule has 0 saturated carbocycles. The van der Waals surface area contributed by atoms with Gasteiger partial charge in [0, 0.05) is 0 Å². The van der Waals surface area contributed by atoms with Gasteiger partial charge in [-0.25, -0.2) is 8.96 Å². The molecule has 1 aliphatic heterocycles.